The largest absolute Gasteiger partial charge is 0.506 e. The van der Waals surface area contributed by atoms with E-state index in [9.17, 15) is 64.7 Å². The highest BCUT2D eigenvalue weighted by Crippen LogP contribution is 2.40. The van der Waals surface area contributed by atoms with Gasteiger partial charge in [-0.2, -0.15) is 33.7 Å². The van der Waals surface area contributed by atoms with Crippen molar-refractivity contribution in [2.75, 3.05) is 30.5 Å². The van der Waals surface area contributed by atoms with Crippen molar-refractivity contribution in [2.24, 2.45) is 20.5 Å². The number of hydrogen-bond donors (Lipinski definition) is 6. The number of nitrogens with zero attached hydrogens (tertiary/aromatic N) is 4. The second kappa shape index (κ2) is 16.1. The van der Waals surface area contributed by atoms with Crippen LogP contribution in [0.25, 0.3) is 10.8 Å². The summed E-state index contributed by atoms with van der Waals surface area (Å²) in [6.45, 7) is -1.99. The summed E-state index contributed by atoms with van der Waals surface area (Å²) in [5.74, 6) is -2.63. The molecule has 4 aromatic rings. The normalized spacial score (nSPS) is 13.6. The second-order valence-corrected chi connectivity index (χ2v) is 20.0. The van der Waals surface area contributed by atoms with Gasteiger partial charge in [-0.1, -0.05) is 12.1 Å². The van der Waals surface area contributed by atoms with E-state index in [0.29, 0.717) is 6.07 Å². The molecule has 304 valence electrons. The van der Waals surface area contributed by atoms with E-state index in [0.717, 1.165) is 48.5 Å². The molecule has 4 rings (SSSR count). The topological polar surface area (TPSA) is 400 Å². The zero-order chi connectivity index (χ0) is 42.1. The average Bonchev–Trinajstić information content (AvgIpc) is 3.04. The van der Waals surface area contributed by atoms with Crippen LogP contribution in [0.15, 0.2) is 101 Å². The van der Waals surface area contributed by atoms with Crippen LogP contribution >= 0.6 is 0 Å². The first-order valence-corrected chi connectivity index (χ1v) is 23.3. The number of sulfone groups is 2. The fourth-order valence-electron chi connectivity index (χ4n) is 4.49. The summed E-state index contributed by atoms with van der Waals surface area (Å²) >= 11 is 0. The molecule has 0 bridgehead atoms. The molecule has 0 saturated heterocycles. The molecule has 0 spiro atoms. The van der Waals surface area contributed by atoms with Crippen LogP contribution in [0.4, 0.5) is 28.4 Å². The Kier molecular flexibility index (Phi) is 12.7. The lowest BCUT2D eigenvalue weighted by Crippen LogP contribution is -2.16. The molecule has 0 unspecified atom stereocenters. The van der Waals surface area contributed by atoms with Crippen molar-refractivity contribution in [1.82, 2.24) is 0 Å². The number of hydrogen-bond acceptors (Lipinski definition) is 20. The van der Waals surface area contributed by atoms with Gasteiger partial charge in [-0.3, -0.25) is 18.2 Å². The van der Waals surface area contributed by atoms with Gasteiger partial charge in [0.1, 0.15) is 38.3 Å². The molecule has 0 fully saturated rings. The Labute approximate surface area is 317 Å². The summed E-state index contributed by atoms with van der Waals surface area (Å²) in [6, 6.07) is 9.04. The Morgan fingerprint density at radius 2 is 1.02 bits per heavy atom. The minimum atomic E-state index is -5.21. The Morgan fingerprint density at radius 1 is 0.536 bits per heavy atom. The Morgan fingerprint density at radius 3 is 1.55 bits per heavy atom. The fourth-order valence-corrected chi connectivity index (χ4v) is 9.08. The number of azo groups is 2. The molecular weight excluding hydrogens is 879 g/mol. The molecule has 24 nitrogen and oxygen atoms in total. The molecule has 7 N–H and O–H groups in total. The highest BCUT2D eigenvalue weighted by Gasteiger charge is 2.25. The minimum Gasteiger partial charge on any atom is -0.506 e. The maximum absolute atomic E-state index is 12.7. The van der Waals surface area contributed by atoms with Gasteiger partial charge in [-0.15, -0.1) is 20.5 Å². The van der Waals surface area contributed by atoms with Crippen LogP contribution in [-0.4, -0.2) is 98.5 Å². The highest BCUT2D eigenvalue weighted by molar-refractivity contribution is 7.92. The number of fused-ring (bicyclic) bond motifs is 1. The van der Waals surface area contributed by atoms with Crippen LogP contribution in [0, 0.1) is 0 Å². The molecular formula is C26H25N5O19S6. The van der Waals surface area contributed by atoms with E-state index in [1.165, 1.54) is 6.07 Å². The summed E-state index contributed by atoms with van der Waals surface area (Å²) in [4.78, 5) is -3.10. The van der Waals surface area contributed by atoms with Gasteiger partial charge in [0, 0.05) is 11.5 Å². The predicted octanol–water partition coefficient (Wildman–Crippen LogP) is 2.64. The van der Waals surface area contributed by atoms with Crippen molar-refractivity contribution in [1.29, 1.82) is 0 Å². The number of aromatic hydroxyl groups is 1. The van der Waals surface area contributed by atoms with Crippen molar-refractivity contribution in [3.8, 4) is 5.75 Å². The lowest BCUT2D eigenvalue weighted by molar-refractivity contribution is 0.282. The molecule has 0 heterocycles. The molecule has 0 aliphatic carbocycles. The number of nitrogens with two attached hydrogens (primary N) is 1. The van der Waals surface area contributed by atoms with Crippen molar-refractivity contribution in [2.45, 2.75) is 19.6 Å². The smallest absolute Gasteiger partial charge is 0.397 e. The van der Waals surface area contributed by atoms with Crippen LogP contribution in [0.1, 0.15) is 0 Å². The molecule has 30 heteroatoms. The van der Waals surface area contributed by atoms with Crippen LogP contribution in [0.3, 0.4) is 0 Å². The number of anilines is 1. The molecule has 0 saturated carbocycles. The second-order valence-electron chi connectivity index (χ2n) is 10.8. The number of nitrogen functional groups attached to an aromatic ring is 1. The lowest BCUT2D eigenvalue weighted by Gasteiger charge is -2.10. The predicted molar refractivity (Wildman–Crippen MR) is 190 cm³/mol. The van der Waals surface area contributed by atoms with Crippen LogP contribution in [0.5, 0.6) is 5.75 Å². The van der Waals surface area contributed by atoms with Gasteiger partial charge in [0.15, 0.2) is 19.7 Å². The number of phenols is 1. The molecule has 0 aromatic heterocycles. The average molecular weight is 904 g/mol. The van der Waals surface area contributed by atoms with Gasteiger partial charge in [0.25, 0.3) is 20.2 Å². The Bertz CT molecular complexity index is 2970. The van der Waals surface area contributed by atoms with E-state index < -0.39 is 128 Å². The van der Waals surface area contributed by atoms with Gasteiger partial charge in [-0.05, 0) is 47.9 Å². The summed E-state index contributed by atoms with van der Waals surface area (Å²) in [5, 5.41) is 25.0. The van der Waals surface area contributed by atoms with Crippen molar-refractivity contribution in [3.63, 3.8) is 0 Å². The van der Waals surface area contributed by atoms with Crippen LogP contribution in [-0.2, 0) is 69.1 Å². The molecule has 0 radical (unpaired) electrons. The molecule has 0 aliphatic rings. The summed E-state index contributed by atoms with van der Waals surface area (Å²) < 4.78 is 187. The van der Waals surface area contributed by atoms with E-state index in [2.05, 4.69) is 28.8 Å². The number of phenolic OH excluding ortho intramolecular Hbond substituents is 1. The summed E-state index contributed by atoms with van der Waals surface area (Å²) in [7, 11) is -29.0. The first-order chi connectivity index (χ1) is 25.6. The van der Waals surface area contributed by atoms with E-state index >= 15 is 0 Å². The molecule has 56 heavy (non-hydrogen) atoms. The Hall–Kier alpha value is -4.60. The summed E-state index contributed by atoms with van der Waals surface area (Å²) in [5.41, 5.74) is 3.61. The SMILES string of the molecule is Nc1cc(O)c(/N=N/c2ccc(S(=O)(=O)CCOS(=O)(=O)O)cc2S(=O)(=O)O)cc1/N=N/c1ccc2cc(S(=O)(=O)CCOS(=O)(=O)O)ccc2c1S(=O)(=O)O. The van der Waals surface area contributed by atoms with Crippen LogP contribution < -0.4 is 5.73 Å². The zero-order valence-corrected chi connectivity index (χ0v) is 32.3. The highest BCUT2D eigenvalue weighted by atomic mass is 32.3. The van der Waals surface area contributed by atoms with E-state index in [-0.39, 0.29) is 22.1 Å². The van der Waals surface area contributed by atoms with Crippen molar-refractivity contribution < 1.29 is 82.2 Å². The quantitative estimate of drug-likeness (QED) is 0.0534. The van der Waals surface area contributed by atoms with Gasteiger partial charge in [0.2, 0.25) is 0 Å². The fraction of sp³-hybridized carbons (Fsp3) is 0.154. The molecule has 0 atom stereocenters. The lowest BCUT2D eigenvalue weighted by atomic mass is 10.1. The number of benzene rings is 4. The van der Waals surface area contributed by atoms with E-state index in [4.69, 9.17) is 14.8 Å². The summed E-state index contributed by atoms with van der Waals surface area (Å²) in [6.07, 6.45) is 0. The molecule has 0 amide bonds. The maximum Gasteiger partial charge on any atom is 0.397 e. The van der Waals surface area contributed by atoms with E-state index in [1.54, 1.807) is 0 Å². The molecule has 0 aliphatic heterocycles. The van der Waals surface area contributed by atoms with Gasteiger partial charge in [-0.25, -0.2) is 25.2 Å². The van der Waals surface area contributed by atoms with Gasteiger partial charge < -0.3 is 10.8 Å². The molecule has 4 aromatic carbocycles. The minimum absolute atomic E-state index is 0.0544. The third-order valence-electron chi connectivity index (χ3n) is 6.93. The van der Waals surface area contributed by atoms with Crippen molar-refractivity contribution >= 4 is 99.9 Å². The Balaban J connectivity index is 1.69. The standard InChI is InChI=1S/C26H25N5O19S6/c27-19-13-24(32)23(31-28-20-6-3-17(12-25(20)53(37,38)39)52(35,36)10-8-50-56(46,47)48)14-22(19)30-29-21-5-1-15-11-16(2-4-18(15)26(21)54(40,41)42)51(33,34)9-7-49-55(43,44)45/h1-6,11-14,32H,7-10,27H2,(H,37,38,39)(H,40,41,42)(H,43,44,45)(H,46,47,48)/b30-29+,31-28+. The third-order valence-corrected chi connectivity index (χ3v) is 13.0. The van der Waals surface area contributed by atoms with Gasteiger partial charge >= 0.3 is 20.8 Å². The third kappa shape index (κ3) is 11.5. The van der Waals surface area contributed by atoms with Gasteiger partial charge in [0.05, 0.1) is 40.2 Å². The zero-order valence-electron chi connectivity index (χ0n) is 27.4. The monoisotopic (exact) mass is 903 g/mol. The van der Waals surface area contributed by atoms with Crippen molar-refractivity contribution in [3.05, 3.63) is 60.7 Å². The van der Waals surface area contributed by atoms with E-state index in [1.807, 2.05) is 0 Å². The number of rotatable bonds is 16. The first kappa shape index (κ1) is 44.1. The van der Waals surface area contributed by atoms with Crippen LogP contribution in [0.2, 0.25) is 0 Å². The first-order valence-electron chi connectivity index (χ1n) is 14.4. The maximum atomic E-state index is 12.7.